The lowest BCUT2D eigenvalue weighted by atomic mass is 9.47. The van der Waals surface area contributed by atoms with E-state index >= 15 is 0 Å². The second-order valence-electron chi connectivity index (χ2n) is 9.60. The van der Waals surface area contributed by atoms with E-state index in [-0.39, 0.29) is 17.3 Å². The van der Waals surface area contributed by atoms with Crippen LogP contribution in [0, 0.1) is 39.9 Å². The zero-order valence-corrected chi connectivity index (χ0v) is 16.4. The average molecular weight is 367 g/mol. The molecule has 0 bridgehead atoms. The van der Waals surface area contributed by atoms with Gasteiger partial charge in [0.2, 0.25) is 0 Å². The zero-order valence-electron chi connectivity index (χ0n) is 16.4. The molecular weight excluding hydrogens is 338 g/mol. The van der Waals surface area contributed by atoms with E-state index in [1.807, 2.05) is 6.08 Å². The first-order chi connectivity index (χ1) is 12.8. The van der Waals surface area contributed by atoms with Gasteiger partial charge in [-0.1, -0.05) is 19.4 Å². The molecule has 0 aliphatic heterocycles. The van der Waals surface area contributed by atoms with Crippen LogP contribution in [0.25, 0.3) is 0 Å². The Bertz CT molecular complexity index is 801. The highest BCUT2D eigenvalue weighted by molar-refractivity contribution is 5.91. The molecular formula is C23H29NO3. The predicted molar refractivity (Wildman–Crippen MR) is 102 cm³/mol. The molecule has 4 nitrogen and oxygen atoms in total. The first kappa shape index (κ1) is 18.5. The third kappa shape index (κ3) is 2.70. The highest BCUT2D eigenvalue weighted by Gasteiger charge is 2.57. The Labute approximate surface area is 161 Å². The summed E-state index contributed by atoms with van der Waals surface area (Å²) >= 11 is 0. The Hall–Kier alpha value is -1.89. The lowest BCUT2D eigenvalue weighted by molar-refractivity contribution is -0.136. The summed E-state index contributed by atoms with van der Waals surface area (Å²) in [6.07, 6.45) is 9.71. The molecule has 0 spiro atoms. The van der Waals surface area contributed by atoms with Crippen molar-refractivity contribution in [2.75, 3.05) is 0 Å². The number of carbonyl (C=O) groups excluding carboxylic acids is 1. The van der Waals surface area contributed by atoms with Crippen molar-refractivity contribution >= 4 is 11.8 Å². The molecule has 4 aliphatic rings. The maximum atomic E-state index is 11.9. The normalized spacial score (nSPS) is 42.3. The minimum absolute atomic E-state index is 0.0241. The van der Waals surface area contributed by atoms with Crippen LogP contribution >= 0.6 is 0 Å². The van der Waals surface area contributed by atoms with Crippen LogP contribution in [0.2, 0.25) is 0 Å². The van der Waals surface area contributed by atoms with Crippen LogP contribution in [-0.2, 0) is 9.59 Å². The van der Waals surface area contributed by atoms with Gasteiger partial charge < -0.3 is 5.11 Å². The van der Waals surface area contributed by atoms with Gasteiger partial charge in [-0.2, -0.15) is 5.26 Å². The van der Waals surface area contributed by atoms with E-state index < -0.39 is 5.97 Å². The quantitative estimate of drug-likeness (QED) is 0.710. The molecule has 0 aromatic carbocycles. The van der Waals surface area contributed by atoms with Gasteiger partial charge in [-0.05, 0) is 85.2 Å². The summed E-state index contributed by atoms with van der Waals surface area (Å²) < 4.78 is 0. The van der Waals surface area contributed by atoms with Crippen molar-refractivity contribution in [2.24, 2.45) is 28.6 Å². The van der Waals surface area contributed by atoms with Gasteiger partial charge in [0.25, 0.3) is 0 Å². The molecule has 144 valence electrons. The van der Waals surface area contributed by atoms with E-state index in [0.717, 1.165) is 50.5 Å². The molecule has 4 aliphatic carbocycles. The monoisotopic (exact) mass is 367 g/mol. The van der Waals surface area contributed by atoms with Gasteiger partial charge in [-0.15, -0.1) is 0 Å². The van der Waals surface area contributed by atoms with Gasteiger partial charge in [0.15, 0.2) is 5.78 Å². The first-order valence-corrected chi connectivity index (χ1v) is 10.4. The number of carboxylic acid groups (broad SMARTS) is 1. The number of carboxylic acids is 1. The van der Waals surface area contributed by atoms with Gasteiger partial charge in [-0.25, -0.2) is 0 Å². The summed E-state index contributed by atoms with van der Waals surface area (Å²) in [5.41, 5.74) is 3.13. The largest absolute Gasteiger partial charge is 0.481 e. The smallest absolute Gasteiger partial charge is 0.308 e. The van der Waals surface area contributed by atoms with Gasteiger partial charge >= 0.3 is 5.97 Å². The number of fused-ring (bicyclic) bond motifs is 5. The number of allylic oxidation sites excluding steroid dienone is 2. The van der Waals surface area contributed by atoms with Crippen molar-refractivity contribution in [3.63, 3.8) is 0 Å². The highest BCUT2D eigenvalue weighted by Crippen LogP contribution is 2.66. The third-order valence-corrected chi connectivity index (χ3v) is 8.57. The summed E-state index contributed by atoms with van der Waals surface area (Å²) in [5.74, 6) is 1.17. The van der Waals surface area contributed by atoms with E-state index in [9.17, 15) is 20.0 Å². The fourth-order valence-electron chi connectivity index (χ4n) is 7.23. The predicted octanol–water partition coefficient (Wildman–Crippen LogP) is 4.81. The Morgan fingerprint density at radius 3 is 2.59 bits per heavy atom. The van der Waals surface area contributed by atoms with Gasteiger partial charge in [-0.3, -0.25) is 9.59 Å². The van der Waals surface area contributed by atoms with Crippen molar-refractivity contribution in [1.82, 2.24) is 0 Å². The fraction of sp³-hybridized carbons (Fsp3) is 0.696. The number of hydrogen-bond donors (Lipinski definition) is 1. The van der Waals surface area contributed by atoms with Gasteiger partial charge in [0.1, 0.15) is 0 Å². The van der Waals surface area contributed by atoms with E-state index in [0.29, 0.717) is 35.5 Å². The lowest BCUT2D eigenvalue weighted by Gasteiger charge is -2.57. The zero-order chi connectivity index (χ0) is 19.4. The minimum atomic E-state index is -0.911. The number of ketones is 1. The topological polar surface area (TPSA) is 78.2 Å². The summed E-state index contributed by atoms with van der Waals surface area (Å²) in [6.45, 7) is 4.66. The standard InChI is InChI=1S/C23H29NO3/c1-22-9-7-16(25)12-15(22)3-4-17-19-6-5-18(14(13-24)11-21(26)27)23(19,2)10-8-20(17)22/h12,17,19-20H,3-11H2,1-2H3,(H,26,27)/b18-14-/t17-,19-,20-,22-,23+/m0/s1. The van der Waals surface area contributed by atoms with Gasteiger partial charge in [0.05, 0.1) is 12.5 Å². The second kappa shape index (κ2) is 6.33. The number of nitrogens with zero attached hydrogens (tertiary/aromatic N) is 1. The van der Waals surface area contributed by atoms with Crippen LogP contribution in [0.1, 0.15) is 71.6 Å². The molecule has 3 saturated carbocycles. The molecule has 4 heteroatoms. The second-order valence-corrected chi connectivity index (χ2v) is 9.60. The van der Waals surface area contributed by atoms with E-state index in [2.05, 4.69) is 19.9 Å². The number of rotatable bonds is 2. The summed E-state index contributed by atoms with van der Waals surface area (Å²) in [4.78, 5) is 23.2. The van der Waals surface area contributed by atoms with Crippen LogP contribution in [0.15, 0.2) is 22.8 Å². The molecule has 0 amide bonds. The molecule has 0 aromatic heterocycles. The van der Waals surface area contributed by atoms with Gasteiger partial charge in [0, 0.05) is 12.0 Å². The van der Waals surface area contributed by atoms with Crippen molar-refractivity contribution in [3.8, 4) is 6.07 Å². The van der Waals surface area contributed by atoms with Crippen LogP contribution in [0.4, 0.5) is 0 Å². The number of hydrogen-bond acceptors (Lipinski definition) is 3. The van der Waals surface area contributed by atoms with E-state index in [4.69, 9.17) is 0 Å². The third-order valence-electron chi connectivity index (χ3n) is 8.57. The summed E-state index contributed by atoms with van der Waals surface area (Å²) in [5, 5.41) is 18.8. The Morgan fingerprint density at radius 1 is 1.15 bits per heavy atom. The first-order valence-electron chi connectivity index (χ1n) is 10.4. The highest BCUT2D eigenvalue weighted by atomic mass is 16.4. The van der Waals surface area contributed by atoms with Crippen molar-refractivity contribution in [1.29, 1.82) is 5.26 Å². The van der Waals surface area contributed by atoms with E-state index in [1.54, 1.807) is 0 Å². The lowest BCUT2D eigenvalue weighted by Crippen LogP contribution is -2.49. The number of nitriles is 1. The van der Waals surface area contributed by atoms with Crippen molar-refractivity contribution in [2.45, 2.75) is 71.6 Å². The molecule has 0 radical (unpaired) electrons. The number of carbonyl (C=O) groups is 2. The molecule has 0 unspecified atom stereocenters. The molecule has 3 fully saturated rings. The van der Waals surface area contributed by atoms with Crippen molar-refractivity contribution in [3.05, 3.63) is 22.8 Å². The molecule has 27 heavy (non-hydrogen) atoms. The van der Waals surface area contributed by atoms with Crippen LogP contribution in [-0.4, -0.2) is 16.9 Å². The molecule has 1 N–H and O–H groups in total. The summed E-state index contributed by atoms with van der Waals surface area (Å²) in [7, 11) is 0. The SMILES string of the molecule is C[C@]12CCC(=O)C=C1CC[C@@H]1[C@@H]2CC[C@]2(C)/C(=C(\C#N)CC(=O)O)CC[C@@H]12. The maximum absolute atomic E-state index is 11.9. The minimum Gasteiger partial charge on any atom is -0.481 e. The molecule has 0 aromatic rings. The van der Waals surface area contributed by atoms with Crippen LogP contribution in [0.5, 0.6) is 0 Å². The number of aliphatic carboxylic acids is 1. The van der Waals surface area contributed by atoms with E-state index in [1.165, 1.54) is 5.57 Å². The van der Waals surface area contributed by atoms with Crippen molar-refractivity contribution < 1.29 is 14.7 Å². The Balaban J connectivity index is 1.68. The fourth-order valence-corrected chi connectivity index (χ4v) is 7.23. The van der Waals surface area contributed by atoms with Crippen LogP contribution in [0.3, 0.4) is 0 Å². The molecule has 5 atom stereocenters. The molecule has 0 heterocycles. The average Bonchev–Trinajstić information content (AvgIpc) is 2.97. The summed E-state index contributed by atoms with van der Waals surface area (Å²) in [6, 6.07) is 2.22. The Kier molecular flexibility index (Phi) is 4.33. The molecule has 4 rings (SSSR count). The maximum Gasteiger partial charge on any atom is 0.308 e. The molecule has 0 saturated heterocycles. The Morgan fingerprint density at radius 2 is 1.89 bits per heavy atom. The van der Waals surface area contributed by atoms with Crippen LogP contribution < -0.4 is 0 Å².